The van der Waals surface area contributed by atoms with Crippen molar-refractivity contribution in [2.75, 3.05) is 59.7 Å². The number of alkyl halides is 3. The van der Waals surface area contributed by atoms with E-state index < -0.39 is 17.6 Å². The zero-order valence-electron chi connectivity index (χ0n) is 67.2. The molecule has 0 unspecified atom stereocenters. The maximum absolute atomic E-state index is 14.2. The molecule has 0 N–H and O–H groups in total. The lowest BCUT2D eigenvalue weighted by Crippen LogP contribution is -2.13. The number of Topliss-reactive ketones (excluding diaryl/α,β-unsaturated/α-hetero) is 5. The number of halogens is 8. The summed E-state index contributed by atoms with van der Waals surface area (Å²) in [7, 11) is 9.13. The molecule has 0 saturated heterocycles. The molecule has 10 aromatic heterocycles. The molecule has 0 radical (unpaired) electrons. The van der Waals surface area contributed by atoms with Gasteiger partial charge in [-0.3, -0.25) is 38.9 Å². The summed E-state index contributed by atoms with van der Waals surface area (Å²) in [4.78, 5) is 132. The second-order valence-corrected chi connectivity index (χ2v) is 30.8. The summed E-state index contributed by atoms with van der Waals surface area (Å²) in [6, 6.07) is 38.3. The summed E-state index contributed by atoms with van der Waals surface area (Å²) in [6.45, 7) is 3.79. The van der Waals surface area contributed by atoms with Gasteiger partial charge in [0.1, 0.15) is 47.5 Å². The predicted octanol–water partition coefficient (Wildman–Crippen LogP) is 19.8. The molecule has 0 saturated carbocycles. The largest absolute Gasteiger partial charge is 0.417 e. The molecule has 15 aromatic rings. The van der Waals surface area contributed by atoms with Crippen LogP contribution in [0, 0.1) is 19.7 Å². The van der Waals surface area contributed by atoms with Gasteiger partial charge in [0.2, 0.25) is 0 Å². The number of aryl methyl sites for hydroxylation is 2. The van der Waals surface area contributed by atoms with Crippen molar-refractivity contribution in [1.29, 1.82) is 0 Å². The molecule has 35 heteroatoms. The number of aromatic nitrogens is 15. The number of anilines is 10. The van der Waals surface area contributed by atoms with E-state index in [1.807, 2.05) is 109 Å². The molecule has 25 nitrogen and oxygen atoms in total. The minimum atomic E-state index is -4.47. The summed E-state index contributed by atoms with van der Waals surface area (Å²) in [6.07, 6.45) is 24.2. The van der Waals surface area contributed by atoms with Crippen LogP contribution in [0.2, 0.25) is 20.1 Å². The van der Waals surface area contributed by atoms with Crippen molar-refractivity contribution in [3.05, 3.63) is 360 Å². The van der Waals surface area contributed by atoms with Crippen LogP contribution in [-0.4, -0.2) is 139 Å². The van der Waals surface area contributed by atoms with Gasteiger partial charge in [0, 0.05) is 159 Å². The Balaban J connectivity index is 0.000000151. The molecule has 0 aliphatic rings. The van der Waals surface area contributed by atoms with Crippen molar-refractivity contribution in [3.8, 4) is 0 Å². The number of nitrogens with zero attached hydrogens (tertiary/aromatic N) is 20. The first kappa shape index (κ1) is 91.2. The summed E-state index contributed by atoms with van der Waals surface area (Å²) in [5.41, 5.74) is 12.3. The molecule has 124 heavy (non-hydrogen) atoms. The van der Waals surface area contributed by atoms with Crippen LogP contribution in [0.3, 0.4) is 0 Å². The smallest absolute Gasteiger partial charge is 0.342 e. The van der Waals surface area contributed by atoms with Crippen LogP contribution < -0.4 is 24.5 Å². The number of carbonyl (C=O) groups excluding carboxylic acids is 5. The maximum atomic E-state index is 14.2. The van der Waals surface area contributed by atoms with Crippen LogP contribution in [-0.2, 0) is 38.3 Å². The predicted molar refractivity (Wildman–Crippen MR) is 474 cm³/mol. The number of hydrogen-bond donors (Lipinski definition) is 0. The van der Waals surface area contributed by atoms with Crippen molar-refractivity contribution in [3.63, 3.8) is 0 Å². The SMILES string of the molecule is CN(c1cncnc1)c1cc(Cl)cc(C(=O)Cc2ccc(C(F)(F)F)cn2)c1.CN(c1cncnc1)c1cc(Cl)cc(C(=O)Cc2ccc(Cl)cn2)c1.CN(c1cncnc1)c1cccc(C(=O)Cc2nccs2)c1.Cc1cccc(CC(=O)c2ccc(F)c(N(C)c3cncnc3)c2)n1.Cc1csc(CC(=O)c2cc(Cl)cc(N(C)c3cncnc3)c2)n1. The van der Waals surface area contributed by atoms with Crippen molar-refractivity contribution in [2.45, 2.75) is 52.1 Å². The molecular weight excluding hydrogens is 1710 g/mol. The normalized spacial score (nSPS) is 10.7. The Morgan fingerprint density at radius 2 is 0.750 bits per heavy atom. The second-order valence-electron chi connectivity index (χ2n) is 27.2. The van der Waals surface area contributed by atoms with E-state index in [2.05, 4.69) is 74.8 Å². The highest BCUT2D eigenvalue weighted by molar-refractivity contribution is 7.10. The minimum Gasteiger partial charge on any atom is -0.342 e. The molecule has 0 atom stereocenters. The Morgan fingerprint density at radius 3 is 1.17 bits per heavy atom. The summed E-state index contributed by atoms with van der Waals surface area (Å²) in [5.74, 6) is -0.862. The Labute approximate surface area is 738 Å². The van der Waals surface area contributed by atoms with E-state index in [1.54, 1.807) is 153 Å². The molecule has 628 valence electrons. The van der Waals surface area contributed by atoms with E-state index in [-0.39, 0.29) is 66.0 Å². The maximum Gasteiger partial charge on any atom is 0.417 e. The lowest BCUT2D eigenvalue weighted by Gasteiger charge is -2.19. The van der Waals surface area contributed by atoms with Crippen molar-refractivity contribution >= 4 is 155 Å². The summed E-state index contributed by atoms with van der Waals surface area (Å²) in [5, 5.41) is 7.34. The molecule has 0 fully saturated rings. The average Bonchev–Trinajstić information content (AvgIpc) is 0.858. The van der Waals surface area contributed by atoms with Gasteiger partial charge >= 0.3 is 6.18 Å². The summed E-state index contributed by atoms with van der Waals surface area (Å²) < 4.78 is 52.1. The van der Waals surface area contributed by atoms with Gasteiger partial charge < -0.3 is 24.5 Å². The molecule has 0 spiro atoms. The fourth-order valence-electron chi connectivity index (χ4n) is 11.7. The highest BCUT2D eigenvalue weighted by Gasteiger charge is 2.31. The van der Waals surface area contributed by atoms with Crippen molar-refractivity contribution < 1.29 is 41.5 Å². The molecule has 0 bridgehead atoms. The zero-order valence-corrected chi connectivity index (χ0v) is 71.8. The van der Waals surface area contributed by atoms with Gasteiger partial charge in [-0.25, -0.2) is 64.2 Å². The molecule has 0 aliphatic heterocycles. The third-order valence-electron chi connectivity index (χ3n) is 18.3. The number of benzene rings is 5. The van der Waals surface area contributed by atoms with E-state index in [9.17, 15) is 41.5 Å². The Bertz CT molecular complexity index is 6120. The van der Waals surface area contributed by atoms with Gasteiger partial charge in [-0.2, -0.15) is 13.2 Å². The fourth-order valence-corrected chi connectivity index (χ4v) is 13.9. The third-order valence-corrected chi connectivity index (χ3v) is 20.9. The van der Waals surface area contributed by atoms with E-state index in [1.165, 1.54) is 84.8 Å². The number of ketones is 5. The lowest BCUT2D eigenvalue weighted by atomic mass is 10.0. The lowest BCUT2D eigenvalue weighted by molar-refractivity contribution is -0.137. The van der Waals surface area contributed by atoms with Gasteiger partial charge in [0.15, 0.2) is 28.9 Å². The van der Waals surface area contributed by atoms with Crippen LogP contribution in [0.15, 0.2) is 262 Å². The van der Waals surface area contributed by atoms with Gasteiger partial charge in [0.05, 0.1) is 139 Å². The first-order chi connectivity index (χ1) is 59.6. The molecule has 0 amide bonds. The van der Waals surface area contributed by atoms with Gasteiger partial charge in [0.25, 0.3) is 0 Å². The topological polar surface area (TPSA) is 295 Å². The second kappa shape index (κ2) is 43.8. The highest BCUT2D eigenvalue weighted by Crippen LogP contribution is 2.34. The van der Waals surface area contributed by atoms with Crippen LogP contribution in [0.5, 0.6) is 0 Å². The van der Waals surface area contributed by atoms with Gasteiger partial charge in [-0.15, -0.1) is 22.7 Å². The van der Waals surface area contributed by atoms with E-state index in [0.29, 0.717) is 82.8 Å². The Kier molecular flexibility index (Phi) is 32.2. The Morgan fingerprint density at radius 1 is 0.347 bits per heavy atom. The molecular formula is C89H74Cl4F4N20O5S2. The molecule has 10 heterocycles. The average molecular weight is 1790 g/mol. The van der Waals surface area contributed by atoms with E-state index >= 15 is 0 Å². The zero-order chi connectivity index (χ0) is 88.4. The quantitative estimate of drug-likeness (QED) is 0.0379. The first-order valence-corrected chi connectivity index (χ1v) is 40.6. The molecule has 5 aromatic carbocycles. The summed E-state index contributed by atoms with van der Waals surface area (Å²) >= 11 is 27.4. The number of rotatable bonds is 25. The van der Waals surface area contributed by atoms with Crippen LogP contribution in [0.4, 0.5) is 74.4 Å². The number of thiazole rings is 2. The molecule has 15 rings (SSSR count). The fraction of sp³-hybridized carbons (Fsp3) is 0.146. The Hall–Kier alpha value is -13.6. The van der Waals surface area contributed by atoms with Crippen LogP contribution >= 0.6 is 69.1 Å². The highest BCUT2D eigenvalue weighted by atomic mass is 35.5. The van der Waals surface area contributed by atoms with Gasteiger partial charge in [-0.05, 0) is 135 Å². The van der Waals surface area contributed by atoms with E-state index in [0.717, 1.165) is 67.8 Å². The number of carbonyl (C=O) groups is 5. The third kappa shape index (κ3) is 26.5. The van der Waals surface area contributed by atoms with Crippen LogP contribution in [0.25, 0.3) is 0 Å². The first-order valence-electron chi connectivity index (χ1n) is 37.3. The number of hydrogen-bond acceptors (Lipinski definition) is 27. The van der Waals surface area contributed by atoms with Crippen molar-refractivity contribution in [1.82, 2.24) is 74.8 Å². The standard InChI is InChI=1S/C19H14ClF3N4O.C19H17FN4O.C18H14Cl2N4O.C17H15ClN4OS.C16H14N4OS/c1-27(17-9-24-11-25-10-17)16-5-12(4-14(20)6-16)18(28)7-15-3-2-13(8-26-15)19(21,22)23;1-13-4-3-5-15(23-13)9-19(25)14-6-7-17(20)18(8-14)24(2)16-10-21-12-22-11-16;1-24(17-9-21-11-22-10-17)16-5-12(4-14(20)6-16)18(25)7-15-3-2-13(19)8-23-15;1-11-9-24-17(21-11)6-16(23)12-3-13(18)5-14(4-12)22(2)15-7-19-10-20-8-15;1-20(14-9-17-11-18-10-14)13-4-2-3-12(7-13)15(21)8-16-19-5-6-22-16/h2-6,8-11H,7H2,1H3;3-8,10-12H,9H2,1-2H3;2-6,8-11H,7H2,1H3;3-5,7-10H,6H2,1-2H3;2-7,9-11H,8H2,1H3. The van der Waals surface area contributed by atoms with Crippen LogP contribution in [0.1, 0.15) is 95.8 Å². The number of pyridine rings is 3. The van der Waals surface area contributed by atoms with Gasteiger partial charge in [-0.1, -0.05) is 64.6 Å². The monoisotopic (exact) mass is 1780 g/mol. The van der Waals surface area contributed by atoms with Crippen molar-refractivity contribution in [2.24, 2.45) is 0 Å². The minimum absolute atomic E-state index is 0.00851. The molecule has 0 aliphatic carbocycles. The van der Waals surface area contributed by atoms with E-state index in [4.69, 9.17) is 46.4 Å².